The van der Waals surface area contributed by atoms with Gasteiger partial charge in [-0.25, -0.2) is 0 Å². The van der Waals surface area contributed by atoms with E-state index < -0.39 is 0 Å². The molecule has 1 rings (SSSR count). The van der Waals surface area contributed by atoms with Crippen molar-refractivity contribution in [3.8, 4) is 0 Å². The summed E-state index contributed by atoms with van der Waals surface area (Å²) in [6, 6.07) is 0.447. The zero-order valence-corrected chi connectivity index (χ0v) is 7.07. The Morgan fingerprint density at radius 3 is 2.20 bits per heavy atom. The summed E-state index contributed by atoms with van der Waals surface area (Å²) in [5, 5.41) is 3.10. The minimum atomic E-state index is 0. The van der Waals surface area contributed by atoms with Crippen LogP contribution in [0.25, 0.3) is 0 Å². The van der Waals surface area contributed by atoms with Crippen LogP contribution in [0.5, 0.6) is 0 Å². The largest absolute Gasteiger partial charge is 0.340 e. The Morgan fingerprint density at radius 1 is 1.60 bits per heavy atom. The number of likely N-dealkylation sites (N-methyl/N-ethyl adjacent to an activating group) is 1. The number of carbonyl (C=O) groups excluding carboxylic acids is 1. The van der Waals surface area contributed by atoms with Crippen molar-refractivity contribution in [2.45, 2.75) is 13.0 Å². The van der Waals surface area contributed by atoms with Gasteiger partial charge in [0.2, 0.25) is 5.91 Å². The van der Waals surface area contributed by atoms with Crippen molar-refractivity contribution in [3.63, 3.8) is 0 Å². The van der Waals surface area contributed by atoms with Gasteiger partial charge >= 0.3 is 0 Å². The van der Waals surface area contributed by atoms with Crippen LogP contribution in [-0.2, 0) is 4.79 Å². The topological polar surface area (TPSA) is 32.3 Å². The molecule has 1 heterocycles. The summed E-state index contributed by atoms with van der Waals surface area (Å²) in [4.78, 5) is 12.5. The lowest BCUT2D eigenvalue weighted by Crippen LogP contribution is -2.57. The fraction of sp³-hybridized carbons (Fsp3) is 0.833. The zero-order valence-electron chi connectivity index (χ0n) is 6.26. The molecule has 1 N–H and O–H groups in total. The van der Waals surface area contributed by atoms with Crippen LogP contribution < -0.4 is 5.32 Å². The van der Waals surface area contributed by atoms with Gasteiger partial charge in [0.1, 0.15) is 0 Å². The summed E-state index contributed by atoms with van der Waals surface area (Å²) < 4.78 is 0. The van der Waals surface area contributed by atoms with E-state index in [4.69, 9.17) is 0 Å². The maximum absolute atomic E-state index is 10.7. The first-order valence-corrected chi connectivity index (χ1v) is 3.16. The van der Waals surface area contributed by atoms with Crippen LogP contribution in [-0.4, -0.2) is 37.0 Å². The molecule has 0 atom stereocenters. The summed E-state index contributed by atoms with van der Waals surface area (Å²) >= 11 is 0. The third-order valence-electron chi connectivity index (χ3n) is 1.80. The lowest BCUT2D eigenvalue weighted by molar-refractivity contribution is -0.130. The molecule has 3 nitrogen and oxygen atoms in total. The molecule has 10 heavy (non-hydrogen) atoms. The zero-order chi connectivity index (χ0) is 6.85. The van der Waals surface area contributed by atoms with Gasteiger partial charge in [-0.1, -0.05) is 0 Å². The van der Waals surface area contributed by atoms with Crippen LogP contribution in [0, 0.1) is 0 Å². The molecule has 0 aromatic carbocycles. The molecule has 0 aliphatic carbocycles. The van der Waals surface area contributed by atoms with Gasteiger partial charge < -0.3 is 10.2 Å². The minimum absolute atomic E-state index is 0. The van der Waals surface area contributed by atoms with E-state index in [1.54, 1.807) is 11.8 Å². The van der Waals surface area contributed by atoms with E-state index in [1.807, 2.05) is 7.05 Å². The molecule has 0 unspecified atom stereocenters. The van der Waals surface area contributed by atoms with Crippen molar-refractivity contribution >= 4 is 18.3 Å². The molecule has 1 aliphatic heterocycles. The third kappa shape index (κ3) is 1.85. The Labute approximate surface area is 67.2 Å². The van der Waals surface area contributed by atoms with Gasteiger partial charge in [-0.3, -0.25) is 4.79 Å². The van der Waals surface area contributed by atoms with E-state index in [-0.39, 0.29) is 18.3 Å². The number of hydrogen-bond donors (Lipinski definition) is 1. The molecule has 1 aliphatic rings. The van der Waals surface area contributed by atoms with Crippen LogP contribution in [0.15, 0.2) is 0 Å². The average molecular weight is 165 g/mol. The molecular weight excluding hydrogens is 152 g/mol. The second-order valence-electron chi connectivity index (χ2n) is 2.44. The highest BCUT2D eigenvalue weighted by molar-refractivity contribution is 5.85. The molecule has 0 aromatic rings. The maximum atomic E-state index is 10.7. The SMILES string of the molecule is CC(=O)N(C)C1CNC1.Cl. The number of halogens is 1. The molecular formula is C6H13ClN2O. The van der Waals surface area contributed by atoms with Crippen molar-refractivity contribution in [1.29, 1.82) is 0 Å². The smallest absolute Gasteiger partial charge is 0.219 e. The molecule has 0 bridgehead atoms. The molecule has 4 heteroatoms. The standard InChI is InChI=1S/C6H12N2O.ClH/c1-5(9)8(2)6-3-7-4-6;/h6-7H,3-4H2,1-2H3;1H. The van der Waals surface area contributed by atoms with Crippen LogP contribution >= 0.6 is 12.4 Å². The van der Waals surface area contributed by atoms with Crippen molar-refractivity contribution in [2.75, 3.05) is 20.1 Å². The maximum Gasteiger partial charge on any atom is 0.219 e. The first kappa shape index (κ1) is 9.72. The van der Waals surface area contributed by atoms with Gasteiger partial charge in [-0.15, -0.1) is 12.4 Å². The summed E-state index contributed by atoms with van der Waals surface area (Å²) in [6.07, 6.45) is 0. The normalized spacial score (nSPS) is 17.0. The Bertz CT molecular complexity index is 125. The van der Waals surface area contributed by atoms with Gasteiger partial charge in [0.25, 0.3) is 0 Å². The number of rotatable bonds is 1. The molecule has 1 saturated heterocycles. The highest BCUT2D eigenvalue weighted by atomic mass is 35.5. The lowest BCUT2D eigenvalue weighted by atomic mass is 10.1. The Hall–Kier alpha value is -0.280. The summed E-state index contributed by atoms with van der Waals surface area (Å²) in [5.74, 6) is 0.154. The van der Waals surface area contributed by atoms with E-state index in [2.05, 4.69) is 5.32 Å². The van der Waals surface area contributed by atoms with Gasteiger partial charge in [0.05, 0.1) is 6.04 Å². The first-order valence-electron chi connectivity index (χ1n) is 3.16. The molecule has 0 radical (unpaired) electrons. The molecule has 1 fully saturated rings. The van der Waals surface area contributed by atoms with E-state index >= 15 is 0 Å². The second-order valence-corrected chi connectivity index (χ2v) is 2.44. The Kier molecular flexibility index (Phi) is 3.68. The predicted molar refractivity (Wildman–Crippen MR) is 42.3 cm³/mol. The summed E-state index contributed by atoms with van der Waals surface area (Å²) in [5.41, 5.74) is 0. The van der Waals surface area contributed by atoms with Gasteiger partial charge in [-0.2, -0.15) is 0 Å². The first-order chi connectivity index (χ1) is 4.22. The Morgan fingerprint density at radius 2 is 2.10 bits per heavy atom. The van der Waals surface area contributed by atoms with Gasteiger partial charge in [0.15, 0.2) is 0 Å². The van der Waals surface area contributed by atoms with Crippen molar-refractivity contribution in [3.05, 3.63) is 0 Å². The molecule has 0 aromatic heterocycles. The molecule has 1 amide bonds. The van der Waals surface area contributed by atoms with Crippen molar-refractivity contribution in [1.82, 2.24) is 10.2 Å². The highest BCUT2D eigenvalue weighted by Crippen LogP contribution is 2.00. The molecule has 0 spiro atoms. The van der Waals surface area contributed by atoms with E-state index in [1.165, 1.54) is 0 Å². The number of hydrogen-bond acceptors (Lipinski definition) is 2. The quantitative estimate of drug-likeness (QED) is 0.585. The van der Waals surface area contributed by atoms with Gasteiger partial charge in [-0.05, 0) is 0 Å². The minimum Gasteiger partial charge on any atom is -0.340 e. The number of nitrogens with one attached hydrogen (secondary N) is 1. The van der Waals surface area contributed by atoms with Crippen LogP contribution in [0.2, 0.25) is 0 Å². The Balaban J connectivity index is 0.000000810. The van der Waals surface area contributed by atoms with E-state index in [9.17, 15) is 4.79 Å². The second kappa shape index (κ2) is 3.78. The third-order valence-corrected chi connectivity index (χ3v) is 1.80. The highest BCUT2D eigenvalue weighted by Gasteiger charge is 2.22. The molecule has 60 valence electrons. The molecule has 0 saturated carbocycles. The number of carbonyl (C=O) groups is 1. The summed E-state index contributed by atoms with van der Waals surface area (Å²) in [6.45, 7) is 3.50. The fourth-order valence-electron chi connectivity index (χ4n) is 0.804. The lowest BCUT2D eigenvalue weighted by Gasteiger charge is -2.34. The van der Waals surface area contributed by atoms with E-state index in [0.29, 0.717) is 6.04 Å². The van der Waals surface area contributed by atoms with Crippen LogP contribution in [0.4, 0.5) is 0 Å². The van der Waals surface area contributed by atoms with Gasteiger partial charge in [0, 0.05) is 27.1 Å². The number of nitrogens with zero attached hydrogens (tertiary/aromatic N) is 1. The monoisotopic (exact) mass is 164 g/mol. The van der Waals surface area contributed by atoms with Crippen molar-refractivity contribution in [2.24, 2.45) is 0 Å². The average Bonchev–Trinajstić information content (AvgIpc) is 1.60. The summed E-state index contributed by atoms with van der Waals surface area (Å²) in [7, 11) is 1.84. The van der Waals surface area contributed by atoms with Crippen LogP contribution in [0.3, 0.4) is 0 Å². The van der Waals surface area contributed by atoms with Crippen molar-refractivity contribution < 1.29 is 4.79 Å². The van der Waals surface area contributed by atoms with E-state index in [0.717, 1.165) is 13.1 Å². The number of amides is 1. The predicted octanol–water partition coefficient (Wildman–Crippen LogP) is -0.142. The fourth-order valence-corrected chi connectivity index (χ4v) is 0.804. The van der Waals surface area contributed by atoms with Crippen LogP contribution in [0.1, 0.15) is 6.92 Å².